The van der Waals surface area contributed by atoms with Crippen LogP contribution in [0.4, 0.5) is 8.78 Å². The first-order valence-electron chi connectivity index (χ1n) is 6.37. The van der Waals surface area contributed by atoms with Crippen molar-refractivity contribution in [2.45, 2.75) is 13.0 Å². The van der Waals surface area contributed by atoms with Crippen LogP contribution in [-0.4, -0.2) is 23.4 Å². The predicted molar refractivity (Wildman–Crippen MR) is 76.7 cm³/mol. The number of halogens is 3. The molecular formula is C15H12ClF2NO3. The molecule has 4 nitrogen and oxygen atoms in total. The first kappa shape index (κ1) is 16.2. The third-order valence-corrected chi connectivity index (χ3v) is 2.95. The van der Waals surface area contributed by atoms with Crippen LogP contribution in [0.15, 0.2) is 42.6 Å². The summed E-state index contributed by atoms with van der Waals surface area (Å²) in [5.41, 5.74) is 0.930. The molecule has 0 radical (unpaired) electrons. The molecule has 0 saturated carbocycles. The number of carbonyl (C=O) groups excluding carboxylic acids is 1. The van der Waals surface area contributed by atoms with Crippen molar-refractivity contribution in [1.29, 1.82) is 0 Å². The molecule has 0 aliphatic carbocycles. The van der Waals surface area contributed by atoms with Crippen molar-refractivity contribution < 1.29 is 23.0 Å². The van der Waals surface area contributed by atoms with Gasteiger partial charge in [0.15, 0.2) is 11.5 Å². The fourth-order valence-electron chi connectivity index (χ4n) is 1.75. The maximum Gasteiger partial charge on any atom is 0.387 e. The van der Waals surface area contributed by atoms with Crippen LogP contribution in [-0.2, 0) is 6.42 Å². The molecule has 0 spiro atoms. The van der Waals surface area contributed by atoms with E-state index in [2.05, 4.69) is 9.72 Å². The van der Waals surface area contributed by atoms with Gasteiger partial charge in [0, 0.05) is 23.9 Å². The lowest BCUT2D eigenvalue weighted by Gasteiger charge is -2.12. The zero-order valence-corrected chi connectivity index (χ0v) is 12.1. The Balaban J connectivity index is 2.09. The number of aromatic nitrogens is 1. The smallest absolute Gasteiger partial charge is 0.387 e. The van der Waals surface area contributed by atoms with E-state index in [0.29, 0.717) is 6.42 Å². The Labute approximate surface area is 130 Å². The highest BCUT2D eigenvalue weighted by Crippen LogP contribution is 2.30. The maximum absolute atomic E-state index is 12.4. The highest BCUT2D eigenvalue weighted by atomic mass is 35.5. The third kappa shape index (κ3) is 4.66. The molecule has 2 rings (SSSR count). The van der Waals surface area contributed by atoms with E-state index in [0.717, 1.165) is 5.69 Å². The molecule has 0 aliphatic rings. The second kappa shape index (κ2) is 7.70. The number of ether oxygens (including phenoxy) is 2. The van der Waals surface area contributed by atoms with Crippen molar-refractivity contribution in [3.63, 3.8) is 0 Å². The van der Waals surface area contributed by atoms with Gasteiger partial charge in [0.2, 0.25) is 0 Å². The van der Waals surface area contributed by atoms with E-state index in [4.69, 9.17) is 16.3 Å². The van der Waals surface area contributed by atoms with E-state index in [-0.39, 0.29) is 23.7 Å². The topological polar surface area (TPSA) is 48.4 Å². The molecule has 0 fully saturated rings. The number of hydrogen-bond donors (Lipinski definition) is 0. The summed E-state index contributed by atoms with van der Waals surface area (Å²) >= 11 is 5.37. The second-order valence-electron chi connectivity index (χ2n) is 4.23. The van der Waals surface area contributed by atoms with Crippen molar-refractivity contribution in [2.24, 2.45) is 0 Å². The van der Waals surface area contributed by atoms with E-state index in [1.165, 1.54) is 18.2 Å². The van der Waals surface area contributed by atoms with E-state index in [1.807, 2.05) is 12.1 Å². The Kier molecular flexibility index (Phi) is 5.66. The van der Waals surface area contributed by atoms with Crippen molar-refractivity contribution in [3.8, 4) is 11.5 Å². The summed E-state index contributed by atoms with van der Waals surface area (Å²) in [6.45, 7) is -2.80. The van der Waals surface area contributed by atoms with Gasteiger partial charge in [-0.3, -0.25) is 9.78 Å². The molecule has 0 aliphatic heterocycles. The van der Waals surface area contributed by atoms with Crippen molar-refractivity contribution in [1.82, 2.24) is 4.98 Å². The molecule has 0 saturated heterocycles. The lowest BCUT2D eigenvalue weighted by Crippen LogP contribution is -2.08. The quantitative estimate of drug-likeness (QED) is 0.728. The highest BCUT2D eigenvalue weighted by Gasteiger charge is 2.14. The Morgan fingerprint density at radius 3 is 2.68 bits per heavy atom. The van der Waals surface area contributed by atoms with Gasteiger partial charge in [0.05, 0.1) is 6.61 Å². The summed E-state index contributed by atoms with van der Waals surface area (Å²) in [5.74, 6) is -0.125. The number of pyridine rings is 1. The van der Waals surface area contributed by atoms with Crippen LogP contribution in [0.5, 0.6) is 11.5 Å². The molecule has 116 valence electrons. The average molecular weight is 328 g/mol. The van der Waals surface area contributed by atoms with Gasteiger partial charge >= 0.3 is 6.61 Å². The van der Waals surface area contributed by atoms with Crippen molar-refractivity contribution >= 4 is 16.8 Å². The first-order valence-corrected chi connectivity index (χ1v) is 6.75. The normalized spacial score (nSPS) is 10.5. The number of benzene rings is 1. The minimum Gasteiger partial charge on any atom is -0.489 e. The second-order valence-corrected chi connectivity index (χ2v) is 4.58. The van der Waals surface area contributed by atoms with E-state index in [1.54, 1.807) is 12.3 Å². The molecule has 0 unspecified atom stereocenters. The van der Waals surface area contributed by atoms with Crippen LogP contribution in [0.25, 0.3) is 0 Å². The van der Waals surface area contributed by atoms with E-state index in [9.17, 15) is 13.6 Å². The number of carbonyl (C=O) groups is 1. The number of alkyl halides is 2. The van der Waals surface area contributed by atoms with Crippen LogP contribution in [0, 0.1) is 0 Å². The van der Waals surface area contributed by atoms with Crippen LogP contribution >= 0.6 is 11.6 Å². The fourth-order valence-corrected chi connectivity index (χ4v) is 1.87. The molecule has 0 amide bonds. The Morgan fingerprint density at radius 2 is 2.05 bits per heavy atom. The minimum atomic E-state index is -2.99. The maximum atomic E-state index is 12.4. The SMILES string of the molecule is O=C(Cl)c1ccc(OC(F)F)c(OCCc2ccccn2)c1. The molecule has 1 aromatic carbocycles. The van der Waals surface area contributed by atoms with Crippen molar-refractivity contribution in [2.75, 3.05) is 6.61 Å². The zero-order valence-electron chi connectivity index (χ0n) is 11.3. The summed E-state index contributed by atoms with van der Waals surface area (Å²) in [6, 6.07) is 9.22. The van der Waals surface area contributed by atoms with Crippen LogP contribution in [0.2, 0.25) is 0 Å². The first-order chi connectivity index (χ1) is 10.6. The van der Waals surface area contributed by atoms with Gasteiger partial charge < -0.3 is 9.47 Å². The monoisotopic (exact) mass is 327 g/mol. The van der Waals surface area contributed by atoms with Gasteiger partial charge in [-0.1, -0.05) is 6.07 Å². The summed E-state index contributed by atoms with van der Waals surface area (Å²) in [6.07, 6.45) is 2.13. The lowest BCUT2D eigenvalue weighted by atomic mass is 10.2. The van der Waals surface area contributed by atoms with Gasteiger partial charge in [-0.05, 0) is 41.9 Å². The molecule has 22 heavy (non-hydrogen) atoms. The lowest BCUT2D eigenvalue weighted by molar-refractivity contribution is -0.0514. The Hall–Kier alpha value is -2.21. The van der Waals surface area contributed by atoms with Crippen molar-refractivity contribution in [3.05, 3.63) is 53.9 Å². The molecule has 7 heteroatoms. The largest absolute Gasteiger partial charge is 0.489 e. The number of nitrogens with zero attached hydrogens (tertiary/aromatic N) is 1. The van der Waals surface area contributed by atoms with Gasteiger partial charge in [0.25, 0.3) is 5.24 Å². The molecule has 0 N–H and O–H groups in total. The molecular weight excluding hydrogens is 316 g/mol. The van der Waals surface area contributed by atoms with Gasteiger partial charge in [-0.15, -0.1) is 0 Å². The predicted octanol–water partition coefficient (Wildman–Crippen LogP) is 3.68. The van der Waals surface area contributed by atoms with Crippen LogP contribution < -0.4 is 9.47 Å². The molecule has 2 aromatic rings. The zero-order chi connectivity index (χ0) is 15.9. The third-order valence-electron chi connectivity index (χ3n) is 2.73. The van der Waals surface area contributed by atoms with E-state index >= 15 is 0 Å². The summed E-state index contributed by atoms with van der Waals surface area (Å²) in [4.78, 5) is 15.3. The fraction of sp³-hybridized carbons (Fsp3) is 0.200. The van der Waals surface area contributed by atoms with Crippen LogP contribution in [0.3, 0.4) is 0 Å². The summed E-state index contributed by atoms with van der Waals surface area (Å²) < 4.78 is 34.5. The summed E-state index contributed by atoms with van der Waals surface area (Å²) in [7, 11) is 0. The van der Waals surface area contributed by atoms with Gasteiger partial charge in [-0.2, -0.15) is 8.78 Å². The molecule has 1 aromatic heterocycles. The average Bonchev–Trinajstić information content (AvgIpc) is 2.49. The number of rotatable bonds is 7. The highest BCUT2D eigenvalue weighted by molar-refractivity contribution is 6.67. The standard InChI is InChI=1S/C15H12ClF2NO3/c16-14(20)10-4-5-12(22-15(17)18)13(9-10)21-8-6-11-3-1-2-7-19-11/h1-5,7,9,15H,6,8H2. The summed E-state index contributed by atoms with van der Waals surface area (Å²) in [5, 5.41) is -0.710. The molecule has 0 bridgehead atoms. The van der Waals surface area contributed by atoms with E-state index < -0.39 is 11.9 Å². The van der Waals surface area contributed by atoms with Crippen LogP contribution in [0.1, 0.15) is 16.1 Å². The Bertz CT molecular complexity index is 638. The molecule has 0 atom stereocenters. The number of hydrogen-bond acceptors (Lipinski definition) is 4. The Morgan fingerprint density at radius 1 is 1.23 bits per heavy atom. The molecule has 1 heterocycles. The van der Waals surface area contributed by atoms with Gasteiger partial charge in [0.1, 0.15) is 0 Å². The minimum absolute atomic E-state index is 0.0303. The van der Waals surface area contributed by atoms with Gasteiger partial charge in [-0.25, -0.2) is 0 Å².